The second kappa shape index (κ2) is 8.79. The number of sulfone groups is 1. The summed E-state index contributed by atoms with van der Waals surface area (Å²) in [5, 5.41) is 12.9. The Morgan fingerprint density at radius 2 is 2.15 bits per heavy atom. The number of nitrogens with one attached hydrogen (secondary N) is 1. The SMILES string of the molecule is CCCCCCNC(=S)N(CCO)[C@@H]1CCS(=O)(=O)C1. The highest BCUT2D eigenvalue weighted by atomic mass is 32.2. The van der Waals surface area contributed by atoms with E-state index < -0.39 is 9.84 Å². The molecule has 0 saturated carbocycles. The maximum Gasteiger partial charge on any atom is 0.169 e. The monoisotopic (exact) mass is 322 g/mol. The van der Waals surface area contributed by atoms with Crippen LogP contribution in [-0.2, 0) is 9.84 Å². The van der Waals surface area contributed by atoms with Crippen molar-refractivity contribution in [3.8, 4) is 0 Å². The molecule has 1 aliphatic heterocycles. The Morgan fingerprint density at radius 1 is 1.40 bits per heavy atom. The molecule has 7 heteroatoms. The fourth-order valence-electron chi connectivity index (χ4n) is 2.43. The molecule has 0 bridgehead atoms. The number of aliphatic hydroxyl groups excluding tert-OH is 1. The molecule has 1 fully saturated rings. The first-order valence-corrected chi connectivity index (χ1v) is 9.59. The van der Waals surface area contributed by atoms with Gasteiger partial charge in [-0.15, -0.1) is 0 Å². The van der Waals surface area contributed by atoms with E-state index >= 15 is 0 Å². The number of thiocarbonyl (C=S) groups is 1. The molecule has 1 heterocycles. The van der Waals surface area contributed by atoms with E-state index in [9.17, 15) is 8.42 Å². The summed E-state index contributed by atoms with van der Waals surface area (Å²) in [7, 11) is -2.94. The molecule has 0 aromatic heterocycles. The molecule has 0 amide bonds. The Bertz CT molecular complexity index is 398. The molecule has 0 aliphatic carbocycles. The lowest BCUT2D eigenvalue weighted by Crippen LogP contribution is -2.48. The van der Waals surface area contributed by atoms with E-state index in [2.05, 4.69) is 12.2 Å². The first-order chi connectivity index (χ1) is 9.50. The van der Waals surface area contributed by atoms with Crippen LogP contribution in [0.2, 0.25) is 0 Å². The van der Waals surface area contributed by atoms with Crippen LogP contribution in [0.5, 0.6) is 0 Å². The quantitative estimate of drug-likeness (QED) is 0.512. The van der Waals surface area contributed by atoms with Crippen molar-refractivity contribution in [1.29, 1.82) is 0 Å². The van der Waals surface area contributed by atoms with Gasteiger partial charge in [0.1, 0.15) is 0 Å². The standard InChI is InChI=1S/C13H26N2O3S2/c1-2-3-4-5-7-14-13(19)15(8-9-16)12-6-10-20(17,18)11-12/h12,16H,2-11H2,1H3,(H,14,19)/t12-/m1/s1. The molecule has 5 nitrogen and oxygen atoms in total. The van der Waals surface area contributed by atoms with E-state index in [1.165, 1.54) is 19.3 Å². The average Bonchev–Trinajstić information content (AvgIpc) is 2.75. The maximum atomic E-state index is 11.6. The largest absolute Gasteiger partial charge is 0.395 e. The Labute approximate surface area is 127 Å². The van der Waals surface area contributed by atoms with Crippen LogP contribution in [0.4, 0.5) is 0 Å². The van der Waals surface area contributed by atoms with Gasteiger partial charge in [-0.1, -0.05) is 26.2 Å². The highest BCUT2D eigenvalue weighted by Gasteiger charge is 2.33. The highest BCUT2D eigenvalue weighted by molar-refractivity contribution is 7.91. The third-order valence-corrected chi connectivity index (χ3v) is 5.69. The lowest BCUT2D eigenvalue weighted by molar-refractivity contribution is 0.225. The highest BCUT2D eigenvalue weighted by Crippen LogP contribution is 2.17. The van der Waals surface area contributed by atoms with Crippen molar-refractivity contribution in [3.63, 3.8) is 0 Å². The van der Waals surface area contributed by atoms with E-state index in [1.807, 2.05) is 4.90 Å². The van der Waals surface area contributed by atoms with Gasteiger partial charge >= 0.3 is 0 Å². The molecule has 118 valence electrons. The normalized spacial score (nSPS) is 20.8. The summed E-state index contributed by atoms with van der Waals surface area (Å²) in [4.78, 5) is 1.83. The first-order valence-electron chi connectivity index (χ1n) is 7.36. The van der Waals surface area contributed by atoms with Crippen molar-refractivity contribution in [2.45, 2.75) is 45.1 Å². The van der Waals surface area contributed by atoms with Crippen LogP contribution in [0.1, 0.15) is 39.0 Å². The smallest absolute Gasteiger partial charge is 0.169 e. The van der Waals surface area contributed by atoms with Crippen molar-refractivity contribution in [1.82, 2.24) is 10.2 Å². The van der Waals surface area contributed by atoms with E-state index in [0.29, 0.717) is 18.1 Å². The summed E-state index contributed by atoms with van der Waals surface area (Å²) in [6, 6.07) is -0.0946. The summed E-state index contributed by atoms with van der Waals surface area (Å²) >= 11 is 5.34. The molecule has 20 heavy (non-hydrogen) atoms. The average molecular weight is 322 g/mol. The van der Waals surface area contributed by atoms with E-state index in [1.54, 1.807) is 0 Å². The summed E-state index contributed by atoms with van der Waals surface area (Å²) in [5.74, 6) is 0.364. The van der Waals surface area contributed by atoms with Crippen LogP contribution in [0, 0.1) is 0 Å². The number of aliphatic hydroxyl groups is 1. The van der Waals surface area contributed by atoms with Gasteiger partial charge in [0.15, 0.2) is 14.9 Å². The van der Waals surface area contributed by atoms with E-state index in [4.69, 9.17) is 17.3 Å². The number of nitrogens with zero attached hydrogens (tertiary/aromatic N) is 1. The van der Waals surface area contributed by atoms with Gasteiger partial charge in [-0.05, 0) is 25.1 Å². The lowest BCUT2D eigenvalue weighted by Gasteiger charge is -2.30. The zero-order valence-electron chi connectivity index (χ0n) is 12.2. The van der Waals surface area contributed by atoms with Gasteiger partial charge in [-0.2, -0.15) is 0 Å². The van der Waals surface area contributed by atoms with Crippen LogP contribution in [0.15, 0.2) is 0 Å². The van der Waals surface area contributed by atoms with Crippen LogP contribution < -0.4 is 5.32 Å². The summed E-state index contributed by atoms with van der Waals surface area (Å²) in [6.07, 6.45) is 5.24. The summed E-state index contributed by atoms with van der Waals surface area (Å²) in [6.45, 7) is 3.34. The van der Waals surface area contributed by atoms with Gasteiger partial charge in [0, 0.05) is 19.1 Å². The minimum Gasteiger partial charge on any atom is -0.395 e. The first kappa shape index (κ1) is 17.7. The molecule has 0 aromatic rings. The van der Waals surface area contributed by atoms with Crippen molar-refractivity contribution in [2.75, 3.05) is 31.2 Å². The predicted octanol–water partition coefficient (Wildman–Crippen LogP) is 0.923. The second-order valence-corrected chi connectivity index (χ2v) is 7.88. The molecule has 1 rings (SSSR count). The van der Waals surface area contributed by atoms with Gasteiger partial charge in [0.2, 0.25) is 0 Å². The van der Waals surface area contributed by atoms with Crippen LogP contribution in [-0.4, -0.2) is 60.8 Å². The van der Waals surface area contributed by atoms with Crippen LogP contribution in [0.25, 0.3) is 0 Å². The van der Waals surface area contributed by atoms with Crippen molar-refractivity contribution < 1.29 is 13.5 Å². The molecular weight excluding hydrogens is 296 g/mol. The number of hydrogen-bond donors (Lipinski definition) is 2. The van der Waals surface area contributed by atoms with Gasteiger partial charge in [-0.25, -0.2) is 8.42 Å². The molecule has 0 aromatic carbocycles. The van der Waals surface area contributed by atoms with Crippen molar-refractivity contribution in [3.05, 3.63) is 0 Å². The molecule has 2 N–H and O–H groups in total. The number of hydrogen-bond acceptors (Lipinski definition) is 4. The van der Waals surface area contributed by atoms with Gasteiger partial charge in [0.25, 0.3) is 0 Å². The fourth-order valence-corrected chi connectivity index (χ4v) is 4.50. The fraction of sp³-hybridized carbons (Fsp3) is 0.923. The molecule has 0 spiro atoms. The Morgan fingerprint density at radius 3 is 2.70 bits per heavy atom. The molecule has 0 radical (unpaired) electrons. The van der Waals surface area contributed by atoms with Crippen molar-refractivity contribution in [2.24, 2.45) is 0 Å². The Kier molecular flexibility index (Phi) is 7.76. The third-order valence-electron chi connectivity index (χ3n) is 3.56. The topological polar surface area (TPSA) is 69.6 Å². The molecule has 1 saturated heterocycles. The number of unbranched alkanes of at least 4 members (excludes halogenated alkanes) is 3. The zero-order chi connectivity index (χ0) is 15.0. The van der Waals surface area contributed by atoms with Crippen LogP contribution in [0.3, 0.4) is 0 Å². The van der Waals surface area contributed by atoms with Crippen molar-refractivity contribution >= 4 is 27.2 Å². The zero-order valence-corrected chi connectivity index (χ0v) is 13.8. The van der Waals surface area contributed by atoms with E-state index in [-0.39, 0.29) is 24.2 Å². The predicted molar refractivity (Wildman–Crippen MR) is 85.6 cm³/mol. The van der Waals surface area contributed by atoms with E-state index in [0.717, 1.165) is 13.0 Å². The maximum absolute atomic E-state index is 11.6. The Balaban J connectivity index is 2.43. The lowest BCUT2D eigenvalue weighted by atomic mass is 10.2. The second-order valence-electron chi connectivity index (χ2n) is 5.27. The third kappa shape index (κ3) is 5.93. The minimum atomic E-state index is -2.94. The Hall–Kier alpha value is -0.400. The molecular formula is C13H26N2O3S2. The van der Waals surface area contributed by atoms with Gasteiger partial charge in [0.05, 0.1) is 18.1 Å². The molecule has 0 unspecified atom stereocenters. The summed E-state index contributed by atoms with van der Waals surface area (Å²) in [5.41, 5.74) is 0. The van der Waals surface area contributed by atoms with Gasteiger partial charge in [-0.3, -0.25) is 0 Å². The van der Waals surface area contributed by atoms with Crippen LogP contribution >= 0.6 is 12.2 Å². The molecule has 1 aliphatic rings. The van der Waals surface area contributed by atoms with Gasteiger partial charge < -0.3 is 15.3 Å². The summed E-state index contributed by atoms with van der Waals surface area (Å²) < 4.78 is 23.1. The molecule has 1 atom stereocenters. The number of rotatable bonds is 8. The minimum absolute atomic E-state index is 0.0196.